The number of nitrogens with two attached hydrogens (primary N) is 1. The highest BCUT2D eigenvalue weighted by Crippen LogP contribution is 2.13. The molecule has 0 bridgehead atoms. The van der Waals surface area contributed by atoms with Crippen LogP contribution in [0.3, 0.4) is 0 Å². The summed E-state index contributed by atoms with van der Waals surface area (Å²) in [5.74, 6) is 1.06. The standard InChI is InChI=1S/C8H16N4S/c1-2-7(9)4-3-5-13-8-10-6-11-12-8/h6-7H,2-5,9H2,1H3,(H,10,11,12). The van der Waals surface area contributed by atoms with Crippen LogP contribution in [0.15, 0.2) is 11.5 Å². The molecule has 0 amide bonds. The van der Waals surface area contributed by atoms with Crippen LogP contribution in [0.1, 0.15) is 26.2 Å². The van der Waals surface area contributed by atoms with E-state index in [0.717, 1.165) is 30.2 Å². The molecule has 0 aliphatic rings. The maximum atomic E-state index is 5.79. The van der Waals surface area contributed by atoms with E-state index in [2.05, 4.69) is 22.1 Å². The topological polar surface area (TPSA) is 67.6 Å². The third kappa shape index (κ3) is 4.28. The van der Waals surface area contributed by atoms with Gasteiger partial charge in [0, 0.05) is 11.8 Å². The van der Waals surface area contributed by atoms with Crippen molar-refractivity contribution in [3.05, 3.63) is 6.33 Å². The first kappa shape index (κ1) is 10.5. The number of hydrogen-bond donors (Lipinski definition) is 2. The van der Waals surface area contributed by atoms with Gasteiger partial charge in [-0.15, -0.1) is 0 Å². The third-order valence-corrected chi connectivity index (χ3v) is 2.84. The van der Waals surface area contributed by atoms with Crippen molar-refractivity contribution in [2.24, 2.45) is 5.73 Å². The zero-order chi connectivity index (χ0) is 9.52. The molecular weight excluding hydrogens is 184 g/mol. The molecule has 0 spiro atoms. The molecule has 1 aromatic heterocycles. The molecule has 0 aliphatic heterocycles. The smallest absolute Gasteiger partial charge is 0.183 e. The third-order valence-electron chi connectivity index (χ3n) is 1.88. The largest absolute Gasteiger partial charge is 0.328 e. The second-order valence-corrected chi connectivity index (χ2v) is 4.03. The molecular formula is C8H16N4S. The minimum Gasteiger partial charge on any atom is -0.328 e. The Morgan fingerprint density at radius 3 is 3.15 bits per heavy atom. The molecule has 13 heavy (non-hydrogen) atoms. The Morgan fingerprint density at radius 1 is 1.69 bits per heavy atom. The monoisotopic (exact) mass is 200 g/mol. The predicted octanol–water partition coefficient (Wildman–Crippen LogP) is 1.41. The number of H-pyrrole nitrogens is 1. The lowest BCUT2D eigenvalue weighted by atomic mass is 10.1. The van der Waals surface area contributed by atoms with Gasteiger partial charge in [0.1, 0.15) is 6.33 Å². The fraction of sp³-hybridized carbons (Fsp3) is 0.750. The van der Waals surface area contributed by atoms with Crippen molar-refractivity contribution in [3.8, 4) is 0 Å². The van der Waals surface area contributed by atoms with Crippen LogP contribution >= 0.6 is 11.8 Å². The van der Waals surface area contributed by atoms with Gasteiger partial charge in [-0.05, 0) is 19.3 Å². The van der Waals surface area contributed by atoms with Gasteiger partial charge in [-0.1, -0.05) is 18.7 Å². The van der Waals surface area contributed by atoms with Crippen LogP contribution in [0.25, 0.3) is 0 Å². The highest BCUT2D eigenvalue weighted by atomic mass is 32.2. The number of nitrogens with zero attached hydrogens (tertiary/aromatic N) is 2. The van der Waals surface area contributed by atoms with Crippen LogP contribution in [0.5, 0.6) is 0 Å². The molecule has 5 heteroatoms. The Kier molecular flexibility index (Phi) is 4.85. The zero-order valence-corrected chi connectivity index (χ0v) is 8.68. The molecule has 0 saturated carbocycles. The van der Waals surface area contributed by atoms with Crippen LogP contribution in [-0.4, -0.2) is 27.0 Å². The number of aromatic amines is 1. The normalized spacial score (nSPS) is 13.1. The quantitative estimate of drug-likeness (QED) is 0.538. The van der Waals surface area contributed by atoms with E-state index in [4.69, 9.17) is 5.73 Å². The van der Waals surface area contributed by atoms with Gasteiger partial charge >= 0.3 is 0 Å². The summed E-state index contributed by atoms with van der Waals surface area (Å²) in [7, 11) is 0. The van der Waals surface area contributed by atoms with Crippen molar-refractivity contribution in [2.45, 2.75) is 37.4 Å². The van der Waals surface area contributed by atoms with Gasteiger partial charge in [0.15, 0.2) is 5.16 Å². The Labute approximate surface area is 82.7 Å². The molecule has 74 valence electrons. The fourth-order valence-electron chi connectivity index (χ4n) is 0.982. The second kappa shape index (κ2) is 5.99. The molecule has 1 aromatic rings. The first-order valence-corrected chi connectivity index (χ1v) is 5.55. The molecule has 0 aromatic carbocycles. The lowest BCUT2D eigenvalue weighted by molar-refractivity contribution is 0.589. The Hall–Kier alpha value is -0.550. The van der Waals surface area contributed by atoms with E-state index in [9.17, 15) is 0 Å². The molecule has 0 fully saturated rings. The summed E-state index contributed by atoms with van der Waals surface area (Å²) in [6.45, 7) is 2.12. The number of aromatic nitrogens is 3. The van der Waals surface area contributed by atoms with Crippen molar-refractivity contribution in [1.29, 1.82) is 0 Å². The SMILES string of the molecule is CCC(N)CCCSc1ncn[nH]1. The first-order chi connectivity index (χ1) is 6.33. The number of nitrogens with one attached hydrogen (secondary N) is 1. The molecule has 4 nitrogen and oxygen atoms in total. The molecule has 0 aliphatic carbocycles. The molecule has 0 saturated heterocycles. The van der Waals surface area contributed by atoms with E-state index in [1.807, 2.05) is 0 Å². The van der Waals surface area contributed by atoms with Crippen molar-refractivity contribution in [3.63, 3.8) is 0 Å². The van der Waals surface area contributed by atoms with Crippen molar-refractivity contribution in [1.82, 2.24) is 15.2 Å². The molecule has 3 N–H and O–H groups in total. The maximum Gasteiger partial charge on any atom is 0.183 e. The molecule has 1 heterocycles. The number of rotatable bonds is 6. The first-order valence-electron chi connectivity index (χ1n) is 4.56. The van der Waals surface area contributed by atoms with Crippen LogP contribution in [0, 0.1) is 0 Å². The van der Waals surface area contributed by atoms with Crippen molar-refractivity contribution < 1.29 is 0 Å². The number of hydrogen-bond acceptors (Lipinski definition) is 4. The molecule has 1 unspecified atom stereocenters. The summed E-state index contributed by atoms with van der Waals surface area (Å²) in [5, 5.41) is 7.47. The van der Waals surface area contributed by atoms with Gasteiger partial charge in [0.2, 0.25) is 0 Å². The summed E-state index contributed by atoms with van der Waals surface area (Å²) in [6.07, 6.45) is 4.82. The average molecular weight is 200 g/mol. The average Bonchev–Trinajstić information content (AvgIpc) is 2.64. The van der Waals surface area contributed by atoms with E-state index < -0.39 is 0 Å². The summed E-state index contributed by atoms with van der Waals surface area (Å²) >= 11 is 1.69. The highest BCUT2D eigenvalue weighted by Gasteiger charge is 2.00. The van der Waals surface area contributed by atoms with Gasteiger partial charge in [-0.2, -0.15) is 5.10 Å². The maximum absolute atomic E-state index is 5.79. The predicted molar refractivity (Wildman–Crippen MR) is 54.6 cm³/mol. The van der Waals surface area contributed by atoms with Crippen LogP contribution in [-0.2, 0) is 0 Å². The molecule has 1 atom stereocenters. The van der Waals surface area contributed by atoms with Crippen LogP contribution in [0.2, 0.25) is 0 Å². The minimum absolute atomic E-state index is 0.357. The van der Waals surface area contributed by atoms with E-state index in [0.29, 0.717) is 6.04 Å². The second-order valence-electron chi connectivity index (χ2n) is 2.95. The summed E-state index contributed by atoms with van der Waals surface area (Å²) in [4.78, 5) is 4.02. The lowest BCUT2D eigenvalue weighted by Gasteiger charge is -2.06. The lowest BCUT2D eigenvalue weighted by Crippen LogP contribution is -2.18. The van der Waals surface area contributed by atoms with E-state index >= 15 is 0 Å². The fourth-order valence-corrected chi connectivity index (χ4v) is 1.73. The minimum atomic E-state index is 0.357. The van der Waals surface area contributed by atoms with Crippen LogP contribution < -0.4 is 5.73 Å². The molecule has 0 radical (unpaired) electrons. The Balaban J connectivity index is 2.02. The van der Waals surface area contributed by atoms with Crippen LogP contribution in [0.4, 0.5) is 0 Å². The van der Waals surface area contributed by atoms with Gasteiger partial charge in [0.05, 0.1) is 0 Å². The van der Waals surface area contributed by atoms with Crippen molar-refractivity contribution >= 4 is 11.8 Å². The van der Waals surface area contributed by atoms with E-state index in [1.54, 1.807) is 11.8 Å². The van der Waals surface area contributed by atoms with E-state index in [-0.39, 0.29) is 0 Å². The Bertz CT molecular complexity index is 212. The van der Waals surface area contributed by atoms with E-state index in [1.165, 1.54) is 6.33 Å². The zero-order valence-electron chi connectivity index (χ0n) is 7.86. The number of thioether (sulfide) groups is 1. The summed E-state index contributed by atoms with van der Waals surface area (Å²) in [5.41, 5.74) is 5.79. The van der Waals surface area contributed by atoms with Crippen molar-refractivity contribution in [2.75, 3.05) is 5.75 Å². The Morgan fingerprint density at radius 2 is 2.54 bits per heavy atom. The van der Waals surface area contributed by atoms with Gasteiger partial charge < -0.3 is 5.73 Å². The van der Waals surface area contributed by atoms with Gasteiger partial charge in [-0.25, -0.2) is 4.98 Å². The van der Waals surface area contributed by atoms with Gasteiger partial charge in [-0.3, -0.25) is 5.10 Å². The summed E-state index contributed by atoms with van der Waals surface area (Å²) in [6, 6.07) is 0.357. The van der Waals surface area contributed by atoms with Gasteiger partial charge in [0.25, 0.3) is 0 Å². The highest BCUT2D eigenvalue weighted by molar-refractivity contribution is 7.99. The molecule has 1 rings (SSSR count). The summed E-state index contributed by atoms with van der Waals surface area (Å²) < 4.78 is 0.